The molecular formula is C13H17BrN2O4. The predicted molar refractivity (Wildman–Crippen MR) is 76.9 cm³/mol. The van der Waals surface area contributed by atoms with E-state index in [-0.39, 0.29) is 6.61 Å². The summed E-state index contributed by atoms with van der Waals surface area (Å²) >= 11 is 3.47. The van der Waals surface area contributed by atoms with E-state index in [1.165, 1.54) is 0 Å². The van der Waals surface area contributed by atoms with Gasteiger partial charge in [-0.1, -0.05) is 0 Å². The fourth-order valence-electron chi connectivity index (χ4n) is 1.82. The van der Waals surface area contributed by atoms with Crippen molar-refractivity contribution >= 4 is 21.8 Å². The number of ether oxygens (including phenoxy) is 3. The SMILES string of the molecule is NC(=O)COCCNCc1cc(Br)c2c(c1)OCCO2. The molecule has 0 radical (unpaired) electrons. The van der Waals surface area contributed by atoms with Gasteiger partial charge < -0.3 is 25.3 Å². The minimum atomic E-state index is -0.458. The Bertz CT molecular complexity index is 482. The van der Waals surface area contributed by atoms with Crippen molar-refractivity contribution in [2.24, 2.45) is 5.73 Å². The Morgan fingerprint density at radius 2 is 2.20 bits per heavy atom. The van der Waals surface area contributed by atoms with Crippen molar-refractivity contribution in [3.63, 3.8) is 0 Å². The van der Waals surface area contributed by atoms with E-state index in [1.54, 1.807) is 0 Å². The Balaban J connectivity index is 1.78. The average molecular weight is 345 g/mol. The molecule has 0 aliphatic carbocycles. The number of amides is 1. The number of hydrogen-bond acceptors (Lipinski definition) is 5. The van der Waals surface area contributed by atoms with Gasteiger partial charge >= 0.3 is 0 Å². The average Bonchev–Trinajstić information content (AvgIpc) is 2.42. The fraction of sp³-hybridized carbons (Fsp3) is 0.462. The maximum absolute atomic E-state index is 10.5. The van der Waals surface area contributed by atoms with Crippen LogP contribution < -0.4 is 20.5 Å². The molecule has 1 heterocycles. The molecule has 20 heavy (non-hydrogen) atoms. The van der Waals surface area contributed by atoms with Crippen LogP contribution in [-0.2, 0) is 16.1 Å². The molecule has 0 spiro atoms. The highest BCUT2D eigenvalue weighted by Gasteiger charge is 2.15. The third-order valence-electron chi connectivity index (χ3n) is 2.65. The summed E-state index contributed by atoms with van der Waals surface area (Å²) in [6.45, 7) is 2.85. The third kappa shape index (κ3) is 4.36. The van der Waals surface area contributed by atoms with Gasteiger partial charge in [0.1, 0.15) is 19.8 Å². The highest BCUT2D eigenvalue weighted by Crippen LogP contribution is 2.38. The monoisotopic (exact) mass is 344 g/mol. The third-order valence-corrected chi connectivity index (χ3v) is 3.24. The first-order valence-corrected chi connectivity index (χ1v) is 7.11. The molecule has 2 rings (SSSR count). The van der Waals surface area contributed by atoms with Crippen LogP contribution in [0.15, 0.2) is 16.6 Å². The predicted octanol–water partition coefficient (Wildman–Crippen LogP) is 0.812. The zero-order chi connectivity index (χ0) is 14.4. The lowest BCUT2D eigenvalue weighted by Gasteiger charge is -2.20. The van der Waals surface area contributed by atoms with Crippen LogP contribution >= 0.6 is 15.9 Å². The zero-order valence-corrected chi connectivity index (χ0v) is 12.6. The van der Waals surface area contributed by atoms with Crippen LogP contribution in [0.1, 0.15) is 5.56 Å². The molecule has 0 saturated heterocycles. The molecule has 0 bridgehead atoms. The number of hydrogen-bond donors (Lipinski definition) is 2. The topological polar surface area (TPSA) is 82.8 Å². The highest BCUT2D eigenvalue weighted by atomic mass is 79.9. The Labute approximate surface area is 125 Å². The van der Waals surface area contributed by atoms with E-state index < -0.39 is 5.91 Å². The first-order chi connectivity index (χ1) is 9.66. The van der Waals surface area contributed by atoms with Gasteiger partial charge in [-0.05, 0) is 33.6 Å². The second-order valence-electron chi connectivity index (χ2n) is 4.30. The van der Waals surface area contributed by atoms with Crippen molar-refractivity contribution in [2.45, 2.75) is 6.54 Å². The molecule has 0 fully saturated rings. The first-order valence-electron chi connectivity index (χ1n) is 6.31. The van der Waals surface area contributed by atoms with Crippen molar-refractivity contribution in [3.05, 3.63) is 22.2 Å². The van der Waals surface area contributed by atoms with E-state index in [1.807, 2.05) is 12.1 Å². The Morgan fingerprint density at radius 3 is 3.00 bits per heavy atom. The molecule has 7 heteroatoms. The quantitative estimate of drug-likeness (QED) is 0.715. The summed E-state index contributed by atoms with van der Waals surface area (Å²) in [5.74, 6) is 1.05. The van der Waals surface area contributed by atoms with Gasteiger partial charge in [0.05, 0.1) is 11.1 Å². The summed E-state index contributed by atoms with van der Waals surface area (Å²) in [6, 6.07) is 3.95. The number of halogens is 1. The van der Waals surface area contributed by atoms with Gasteiger partial charge in [-0.15, -0.1) is 0 Å². The van der Waals surface area contributed by atoms with Crippen LogP contribution in [-0.4, -0.2) is 38.9 Å². The van der Waals surface area contributed by atoms with E-state index >= 15 is 0 Å². The lowest BCUT2D eigenvalue weighted by Crippen LogP contribution is -2.24. The molecule has 110 valence electrons. The summed E-state index contributed by atoms with van der Waals surface area (Å²) in [7, 11) is 0. The Hall–Kier alpha value is -1.31. The number of fused-ring (bicyclic) bond motifs is 1. The number of benzene rings is 1. The zero-order valence-electron chi connectivity index (χ0n) is 11.0. The normalized spacial score (nSPS) is 13.2. The van der Waals surface area contributed by atoms with Gasteiger partial charge in [-0.25, -0.2) is 0 Å². The summed E-state index contributed by atoms with van der Waals surface area (Å²) in [4.78, 5) is 10.5. The lowest BCUT2D eigenvalue weighted by atomic mass is 10.2. The second-order valence-corrected chi connectivity index (χ2v) is 5.15. The smallest absolute Gasteiger partial charge is 0.243 e. The highest BCUT2D eigenvalue weighted by molar-refractivity contribution is 9.10. The van der Waals surface area contributed by atoms with Crippen LogP contribution in [0.3, 0.4) is 0 Å². The van der Waals surface area contributed by atoms with Crippen molar-refractivity contribution in [2.75, 3.05) is 33.0 Å². The second kappa shape index (κ2) is 7.47. The van der Waals surface area contributed by atoms with Crippen LogP contribution in [0.2, 0.25) is 0 Å². The largest absolute Gasteiger partial charge is 0.486 e. The number of primary amides is 1. The molecule has 0 unspecified atom stereocenters. The van der Waals surface area contributed by atoms with Gasteiger partial charge in [-0.3, -0.25) is 4.79 Å². The minimum absolute atomic E-state index is 0.0444. The molecule has 1 aromatic rings. The summed E-state index contributed by atoms with van der Waals surface area (Å²) < 4.78 is 17.0. The summed E-state index contributed by atoms with van der Waals surface area (Å²) in [5.41, 5.74) is 6.04. The Kier molecular flexibility index (Phi) is 5.63. The van der Waals surface area contributed by atoms with Crippen LogP contribution in [0.5, 0.6) is 11.5 Å². The van der Waals surface area contributed by atoms with E-state index in [0.29, 0.717) is 32.9 Å². The van der Waals surface area contributed by atoms with E-state index in [9.17, 15) is 4.79 Å². The van der Waals surface area contributed by atoms with E-state index in [0.717, 1.165) is 21.5 Å². The number of nitrogens with one attached hydrogen (secondary N) is 1. The minimum Gasteiger partial charge on any atom is -0.486 e. The first kappa shape index (κ1) is 15.1. The molecule has 0 atom stereocenters. The molecule has 0 saturated carbocycles. The van der Waals surface area contributed by atoms with E-state index in [2.05, 4.69) is 21.2 Å². The lowest BCUT2D eigenvalue weighted by molar-refractivity contribution is -0.122. The van der Waals surface area contributed by atoms with Gasteiger partial charge in [0.25, 0.3) is 0 Å². The molecule has 0 aromatic heterocycles. The summed E-state index contributed by atoms with van der Waals surface area (Å²) in [6.07, 6.45) is 0. The molecule has 1 aliphatic heterocycles. The molecule has 1 amide bonds. The van der Waals surface area contributed by atoms with Crippen molar-refractivity contribution in [1.82, 2.24) is 5.32 Å². The van der Waals surface area contributed by atoms with Crippen LogP contribution in [0, 0.1) is 0 Å². The number of rotatable bonds is 7. The molecule has 3 N–H and O–H groups in total. The van der Waals surface area contributed by atoms with Gasteiger partial charge in [-0.2, -0.15) is 0 Å². The molecular weight excluding hydrogens is 328 g/mol. The fourth-order valence-corrected chi connectivity index (χ4v) is 2.42. The van der Waals surface area contributed by atoms with Crippen LogP contribution in [0.4, 0.5) is 0 Å². The number of carbonyl (C=O) groups is 1. The van der Waals surface area contributed by atoms with Crippen molar-refractivity contribution in [1.29, 1.82) is 0 Å². The van der Waals surface area contributed by atoms with Crippen molar-refractivity contribution in [3.8, 4) is 11.5 Å². The Morgan fingerprint density at radius 1 is 1.40 bits per heavy atom. The number of nitrogens with two attached hydrogens (primary N) is 1. The standard InChI is InChI=1S/C13H17BrN2O4/c14-10-5-9(6-11-13(10)20-4-3-19-11)7-16-1-2-18-8-12(15)17/h5-6,16H,1-4,7-8H2,(H2,15,17). The van der Waals surface area contributed by atoms with Crippen molar-refractivity contribution < 1.29 is 19.0 Å². The van der Waals surface area contributed by atoms with Gasteiger partial charge in [0, 0.05) is 13.1 Å². The van der Waals surface area contributed by atoms with Gasteiger partial charge in [0.15, 0.2) is 11.5 Å². The van der Waals surface area contributed by atoms with E-state index in [4.69, 9.17) is 19.9 Å². The van der Waals surface area contributed by atoms with Gasteiger partial charge in [0.2, 0.25) is 5.91 Å². The maximum atomic E-state index is 10.5. The maximum Gasteiger partial charge on any atom is 0.243 e. The number of carbonyl (C=O) groups excluding carboxylic acids is 1. The van der Waals surface area contributed by atoms with Crippen LogP contribution in [0.25, 0.3) is 0 Å². The summed E-state index contributed by atoms with van der Waals surface area (Å²) in [5, 5.41) is 3.22. The molecule has 6 nitrogen and oxygen atoms in total. The molecule has 1 aromatic carbocycles. The molecule has 1 aliphatic rings.